The molecule has 0 spiro atoms. The van der Waals surface area contributed by atoms with E-state index in [1.54, 1.807) is 30.3 Å². The lowest BCUT2D eigenvalue weighted by Crippen LogP contribution is -2.14. The van der Waals surface area contributed by atoms with Gasteiger partial charge < -0.3 is 11.1 Å². The molecule has 0 bridgehead atoms. The maximum atomic E-state index is 11.5. The summed E-state index contributed by atoms with van der Waals surface area (Å²) in [5.41, 5.74) is 8.39. The van der Waals surface area contributed by atoms with Crippen molar-refractivity contribution in [2.45, 2.75) is 24.8 Å². The summed E-state index contributed by atoms with van der Waals surface area (Å²) in [6.07, 6.45) is 1.18. The van der Waals surface area contributed by atoms with Gasteiger partial charge in [0.2, 0.25) is 5.91 Å². The number of nitrogens with one attached hydrogen (secondary N) is 1. The topological polar surface area (TPSA) is 89.3 Å². The van der Waals surface area contributed by atoms with Gasteiger partial charge in [0.1, 0.15) is 0 Å². The van der Waals surface area contributed by atoms with Crippen LogP contribution in [0.5, 0.6) is 0 Å². The Balaban J connectivity index is 2.20. The molecule has 2 aromatic rings. The minimum atomic E-state index is -3.20. The third-order valence-electron chi connectivity index (χ3n) is 3.69. The van der Waals surface area contributed by atoms with Crippen molar-refractivity contribution in [1.82, 2.24) is 0 Å². The lowest BCUT2D eigenvalue weighted by atomic mass is 10.1. The van der Waals surface area contributed by atoms with Gasteiger partial charge in [0.05, 0.1) is 4.90 Å². The van der Waals surface area contributed by atoms with E-state index in [0.717, 1.165) is 16.8 Å². The molecule has 5 nitrogen and oxygen atoms in total. The zero-order valence-electron chi connectivity index (χ0n) is 13.3. The van der Waals surface area contributed by atoms with Crippen LogP contribution in [0.15, 0.2) is 47.4 Å². The lowest BCUT2D eigenvalue weighted by Gasteiger charge is -2.17. The highest BCUT2D eigenvalue weighted by Crippen LogP contribution is 2.22. The zero-order valence-corrected chi connectivity index (χ0v) is 14.1. The third kappa shape index (κ3) is 4.10. The second-order valence-electron chi connectivity index (χ2n) is 5.60. The van der Waals surface area contributed by atoms with Gasteiger partial charge in [-0.1, -0.05) is 18.2 Å². The van der Waals surface area contributed by atoms with Gasteiger partial charge in [-0.2, -0.15) is 0 Å². The number of carbonyl (C=O) groups excluding carboxylic acids is 1. The molecule has 2 aromatic carbocycles. The van der Waals surface area contributed by atoms with E-state index >= 15 is 0 Å². The number of sulfone groups is 1. The molecule has 0 radical (unpaired) electrons. The van der Waals surface area contributed by atoms with E-state index < -0.39 is 15.7 Å². The number of benzene rings is 2. The number of anilines is 1. The smallest absolute Gasteiger partial charge is 0.249 e. The molecule has 0 fully saturated rings. The first-order chi connectivity index (χ1) is 10.7. The Hall–Kier alpha value is -2.34. The SMILES string of the molecule is Cc1ccc(N[C@@H](C)c2ccc(S(C)(=O)=O)cc2)cc1C(N)=O. The Morgan fingerprint density at radius 3 is 2.26 bits per heavy atom. The molecular formula is C17H20N2O3S. The average molecular weight is 332 g/mol. The van der Waals surface area contributed by atoms with E-state index in [1.807, 2.05) is 26.0 Å². The summed E-state index contributed by atoms with van der Waals surface area (Å²) < 4.78 is 23.0. The molecular weight excluding hydrogens is 312 g/mol. The number of primary amides is 1. The van der Waals surface area contributed by atoms with E-state index in [2.05, 4.69) is 5.32 Å². The minimum Gasteiger partial charge on any atom is -0.379 e. The van der Waals surface area contributed by atoms with Gasteiger partial charge in [0.25, 0.3) is 0 Å². The Labute approximate surface area is 136 Å². The van der Waals surface area contributed by atoms with Crippen LogP contribution in [-0.2, 0) is 9.84 Å². The molecule has 1 atom stereocenters. The van der Waals surface area contributed by atoms with Gasteiger partial charge >= 0.3 is 0 Å². The molecule has 122 valence electrons. The highest BCUT2D eigenvalue weighted by molar-refractivity contribution is 7.90. The summed E-state index contributed by atoms with van der Waals surface area (Å²) in [6.45, 7) is 3.79. The first-order valence-electron chi connectivity index (χ1n) is 7.15. The van der Waals surface area contributed by atoms with Crippen molar-refractivity contribution in [3.8, 4) is 0 Å². The Bertz CT molecular complexity index is 827. The molecule has 2 rings (SSSR count). The highest BCUT2D eigenvalue weighted by Gasteiger charge is 2.11. The maximum Gasteiger partial charge on any atom is 0.249 e. The third-order valence-corrected chi connectivity index (χ3v) is 4.82. The summed E-state index contributed by atoms with van der Waals surface area (Å²) in [6, 6.07) is 12.1. The number of amides is 1. The van der Waals surface area contributed by atoms with E-state index in [1.165, 1.54) is 6.26 Å². The van der Waals surface area contributed by atoms with Crippen molar-refractivity contribution in [2.24, 2.45) is 5.73 Å². The summed E-state index contributed by atoms with van der Waals surface area (Å²) in [7, 11) is -3.20. The first kappa shape index (κ1) is 17.0. The van der Waals surface area contributed by atoms with Crippen LogP contribution in [0.3, 0.4) is 0 Å². The van der Waals surface area contributed by atoms with Crippen molar-refractivity contribution >= 4 is 21.4 Å². The lowest BCUT2D eigenvalue weighted by molar-refractivity contribution is 0.0999. The molecule has 0 aliphatic carbocycles. The number of carbonyl (C=O) groups is 1. The van der Waals surface area contributed by atoms with Crippen LogP contribution in [0.4, 0.5) is 5.69 Å². The fourth-order valence-corrected chi connectivity index (χ4v) is 2.94. The van der Waals surface area contributed by atoms with E-state index in [9.17, 15) is 13.2 Å². The molecule has 0 saturated carbocycles. The van der Waals surface area contributed by atoms with Crippen LogP contribution in [0.25, 0.3) is 0 Å². The number of hydrogen-bond donors (Lipinski definition) is 2. The van der Waals surface area contributed by atoms with Gasteiger partial charge in [-0.05, 0) is 49.2 Å². The number of hydrogen-bond acceptors (Lipinski definition) is 4. The predicted octanol–water partition coefficient (Wildman–Crippen LogP) is 2.67. The Morgan fingerprint density at radius 1 is 1.13 bits per heavy atom. The molecule has 6 heteroatoms. The van der Waals surface area contributed by atoms with Crippen LogP contribution in [0.2, 0.25) is 0 Å². The maximum absolute atomic E-state index is 11.5. The monoisotopic (exact) mass is 332 g/mol. The fourth-order valence-electron chi connectivity index (χ4n) is 2.31. The highest BCUT2D eigenvalue weighted by atomic mass is 32.2. The molecule has 0 saturated heterocycles. The van der Waals surface area contributed by atoms with Crippen molar-refractivity contribution in [3.63, 3.8) is 0 Å². The van der Waals surface area contributed by atoms with Crippen LogP contribution >= 0.6 is 0 Å². The molecule has 0 heterocycles. The summed E-state index contributed by atoms with van der Waals surface area (Å²) >= 11 is 0. The largest absolute Gasteiger partial charge is 0.379 e. The molecule has 23 heavy (non-hydrogen) atoms. The molecule has 0 aromatic heterocycles. The van der Waals surface area contributed by atoms with Crippen molar-refractivity contribution < 1.29 is 13.2 Å². The fraction of sp³-hybridized carbons (Fsp3) is 0.235. The Morgan fingerprint density at radius 2 is 1.74 bits per heavy atom. The van der Waals surface area contributed by atoms with Gasteiger partial charge in [-0.3, -0.25) is 4.79 Å². The number of aryl methyl sites for hydroxylation is 1. The van der Waals surface area contributed by atoms with Crippen molar-refractivity contribution in [2.75, 3.05) is 11.6 Å². The van der Waals surface area contributed by atoms with Crippen LogP contribution in [0.1, 0.15) is 34.5 Å². The molecule has 0 unspecified atom stereocenters. The van der Waals surface area contributed by atoms with Crippen LogP contribution in [-0.4, -0.2) is 20.6 Å². The molecule has 0 aliphatic rings. The number of nitrogens with two attached hydrogens (primary N) is 1. The molecule has 3 N–H and O–H groups in total. The van der Waals surface area contributed by atoms with E-state index in [4.69, 9.17) is 5.73 Å². The summed E-state index contributed by atoms with van der Waals surface area (Å²) in [5.74, 6) is -0.462. The van der Waals surface area contributed by atoms with Crippen molar-refractivity contribution in [3.05, 3.63) is 59.2 Å². The van der Waals surface area contributed by atoms with Crippen LogP contribution < -0.4 is 11.1 Å². The first-order valence-corrected chi connectivity index (χ1v) is 9.04. The second-order valence-corrected chi connectivity index (χ2v) is 7.62. The van der Waals surface area contributed by atoms with Gasteiger partial charge in [0.15, 0.2) is 9.84 Å². The van der Waals surface area contributed by atoms with Gasteiger partial charge in [-0.15, -0.1) is 0 Å². The van der Waals surface area contributed by atoms with Crippen LogP contribution in [0, 0.1) is 6.92 Å². The standard InChI is InChI=1S/C17H20N2O3S/c1-11-4-7-14(10-16(11)17(18)20)19-12(2)13-5-8-15(9-6-13)23(3,21)22/h4-10,12,19H,1-3H3,(H2,18,20)/t12-/m0/s1. The second kappa shape index (κ2) is 6.42. The molecule has 1 amide bonds. The van der Waals surface area contributed by atoms with E-state index in [0.29, 0.717) is 10.5 Å². The van der Waals surface area contributed by atoms with Gasteiger partial charge in [-0.25, -0.2) is 8.42 Å². The average Bonchev–Trinajstić information content (AvgIpc) is 2.48. The molecule has 0 aliphatic heterocycles. The van der Waals surface area contributed by atoms with Gasteiger partial charge in [0, 0.05) is 23.5 Å². The normalized spacial score (nSPS) is 12.7. The van der Waals surface area contributed by atoms with Crippen molar-refractivity contribution in [1.29, 1.82) is 0 Å². The Kier molecular flexibility index (Phi) is 4.75. The number of rotatable bonds is 5. The zero-order chi connectivity index (χ0) is 17.2. The minimum absolute atomic E-state index is 0.0490. The quantitative estimate of drug-likeness (QED) is 0.881. The predicted molar refractivity (Wildman–Crippen MR) is 91.3 cm³/mol. The summed E-state index contributed by atoms with van der Waals surface area (Å²) in [4.78, 5) is 11.7. The summed E-state index contributed by atoms with van der Waals surface area (Å²) in [5, 5.41) is 3.28. The van der Waals surface area contributed by atoms with E-state index in [-0.39, 0.29) is 6.04 Å².